The van der Waals surface area contributed by atoms with Gasteiger partial charge in [0.2, 0.25) is 5.91 Å². The van der Waals surface area contributed by atoms with Crippen LogP contribution in [0.15, 0.2) is 24.3 Å². The maximum absolute atomic E-state index is 12.4. The monoisotopic (exact) mass is 349 g/mol. The molecular formula is C16H19N3O4S. The highest BCUT2D eigenvalue weighted by Crippen LogP contribution is 2.60. The lowest BCUT2D eigenvalue weighted by molar-refractivity contribution is -0.126. The van der Waals surface area contributed by atoms with Crippen LogP contribution in [0.3, 0.4) is 0 Å². The Kier molecular flexibility index (Phi) is 2.94. The van der Waals surface area contributed by atoms with Crippen molar-refractivity contribution in [2.24, 2.45) is 17.8 Å². The number of benzene rings is 1. The third-order valence-electron chi connectivity index (χ3n) is 5.66. The van der Waals surface area contributed by atoms with Crippen LogP contribution >= 0.6 is 0 Å². The second-order valence-electron chi connectivity index (χ2n) is 7.03. The van der Waals surface area contributed by atoms with E-state index >= 15 is 0 Å². The molecule has 4 aliphatic rings. The van der Waals surface area contributed by atoms with Crippen LogP contribution in [0.2, 0.25) is 0 Å². The molecule has 1 saturated carbocycles. The van der Waals surface area contributed by atoms with E-state index in [1.807, 2.05) is 0 Å². The Labute approximate surface area is 140 Å². The molecular weight excluding hydrogens is 330 g/mol. The van der Waals surface area contributed by atoms with Crippen molar-refractivity contribution in [1.82, 2.24) is 5.32 Å². The SMILES string of the molecule is O=C(NCCN1c2ccccc2NS1(=O)=O)[C@@H]1C[C@@H]2O[C@H]1[C@H]1C[C@H]12. The zero-order valence-electron chi connectivity index (χ0n) is 13.0. The summed E-state index contributed by atoms with van der Waals surface area (Å²) < 4.78 is 34.0. The van der Waals surface area contributed by atoms with Gasteiger partial charge in [-0.3, -0.25) is 9.52 Å². The molecule has 1 amide bonds. The smallest absolute Gasteiger partial charge is 0.324 e. The van der Waals surface area contributed by atoms with Crippen LogP contribution in [0, 0.1) is 17.8 Å². The van der Waals surface area contributed by atoms with Crippen molar-refractivity contribution in [2.45, 2.75) is 25.0 Å². The van der Waals surface area contributed by atoms with Crippen LogP contribution in [0.4, 0.5) is 11.4 Å². The normalized spacial score (nSPS) is 36.8. The zero-order valence-corrected chi connectivity index (χ0v) is 13.8. The number of para-hydroxylation sites is 2. The number of amides is 1. The van der Waals surface area contributed by atoms with Crippen LogP contribution in [0.5, 0.6) is 0 Å². The standard InChI is InChI=1S/C16H19N3O4S/c20-16(11-8-14-9-7-10(9)15(11)23-14)17-5-6-19-13-4-2-1-3-12(13)18-24(19,21)22/h1-4,9-11,14-15,18H,5-8H2,(H,17,20)/t9-,10+,11-,14+,15+/m1/s1. The van der Waals surface area contributed by atoms with E-state index in [0.717, 1.165) is 6.42 Å². The number of nitrogens with one attached hydrogen (secondary N) is 2. The lowest BCUT2D eigenvalue weighted by Crippen LogP contribution is -2.42. The molecule has 2 saturated heterocycles. The summed E-state index contributed by atoms with van der Waals surface area (Å²) in [5.74, 6) is 1.19. The van der Waals surface area contributed by atoms with Gasteiger partial charge in [-0.15, -0.1) is 0 Å². The molecule has 5 rings (SSSR count). The third-order valence-corrected chi connectivity index (χ3v) is 7.10. The largest absolute Gasteiger partial charge is 0.374 e. The molecule has 128 valence electrons. The van der Waals surface area contributed by atoms with Gasteiger partial charge >= 0.3 is 10.2 Å². The number of carbonyl (C=O) groups is 1. The van der Waals surface area contributed by atoms with Crippen molar-refractivity contribution < 1.29 is 17.9 Å². The molecule has 0 spiro atoms. The Morgan fingerprint density at radius 2 is 2.12 bits per heavy atom. The first kappa shape index (κ1) is 14.5. The van der Waals surface area contributed by atoms with Gasteiger partial charge in [0.15, 0.2) is 0 Å². The molecule has 1 aromatic rings. The molecule has 1 aromatic carbocycles. The van der Waals surface area contributed by atoms with E-state index in [1.54, 1.807) is 24.3 Å². The van der Waals surface area contributed by atoms with Crippen molar-refractivity contribution >= 4 is 27.5 Å². The number of carbonyl (C=O) groups excluding carboxylic acids is 1. The van der Waals surface area contributed by atoms with Gasteiger partial charge in [-0.05, 0) is 36.8 Å². The zero-order chi connectivity index (χ0) is 16.5. The Morgan fingerprint density at radius 1 is 1.29 bits per heavy atom. The number of rotatable bonds is 4. The van der Waals surface area contributed by atoms with E-state index in [0.29, 0.717) is 23.2 Å². The maximum Gasteiger partial charge on any atom is 0.324 e. The Morgan fingerprint density at radius 3 is 2.92 bits per heavy atom. The highest BCUT2D eigenvalue weighted by molar-refractivity contribution is 7.94. The van der Waals surface area contributed by atoms with Gasteiger partial charge in [0.25, 0.3) is 0 Å². The van der Waals surface area contributed by atoms with Gasteiger partial charge in [-0.2, -0.15) is 8.42 Å². The van der Waals surface area contributed by atoms with E-state index < -0.39 is 10.2 Å². The number of anilines is 2. The topological polar surface area (TPSA) is 87.7 Å². The minimum absolute atomic E-state index is 0.00862. The van der Waals surface area contributed by atoms with Crippen molar-refractivity contribution in [3.63, 3.8) is 0 Å². The van der Waals surface area contributed by atoms with Crippen molar-refractivity contribution in [1.29, 1.82) is 0 Å². The Bertz CT molecular complexity index is 811. The van der Waals surface area contributed by atoms with Gasteiger partial charge in [-0.1, -0.05) is 12.1 Å². The van der Waals surface area contributed by atoms with Crippen molar-refractivity contribution in [2.75, 3.05) is 22.1 Å². The predicted octanol–water partition coefficient (Wildman–Crippen LogP) is 0.703. The molecule has 24 heavy (non-hydrogen) atoms. The van der Waals surface area contributed by atoms with E-state index in [1.165, 1.54) is 10.7 Å². The summed E-state index contributed by atoms with van der Waals surface area (Å²) in [6, 6.07) is 7.06. The molecule has 2 bridgehead atoms. The fourth-order valence-corrected chi connectivity index (χ4v) is 5.77. The van der Waals surface area contributed by atoms with Gasteiger partial charge < -0.3 is 10.1 Å². The van der Waals surface area contributed by atoms with Crippen LogP contribution in [0.25, 0.3) is 0 Å². The molecule has 3 heterocycles. The number of nitrogens with zero attached hydrogens (tertiary/aromatic N) is 1. The highest BCUT2D eigenvalue weighted by Gasteiger charge is 2.64. The average Bonchev–Trinajstić information content (AvgIpc) is 3.04. The Hall–Kier alpha value is -1.80. The fourth-order valence-electron chi connectivity index (χ4n) is 4.46. The lowest BCUT2D eigenvalue weighted by Gasteiger charge is -2.20. The van der Waals surface area contributed by atoms with Crippen molar-refractivity contribution in [3.05, 3.63) is 24.3 Å². The molecule has 8 heteroatoms. The highest BCUT2D eigenvalue weighted by atomic mass is 32.2. The molecule has 3 aliphatic heterocycles. The summed E-state index contributed by atoms with van der Waals surface area (Å²) in [6.45, 7) is 0.502. The van der Waals surface area contributed by atoms with Crippen LogP contribution < -0.4 is 14.3 Å². The fraction of sp³-hybridized carbons (Fsp3) is 0.562. The molecule has 7 nitrogen and oxygen atoms in total. The molecule has 1 aliphatic carbocycles. The minimum Gasteiger partial charge on any atom is -0.374 e. The average molecular weight is 349 g/mol. The van der Waals surface area contributed by atoms with E-state index in [-0.39, 0.29) is 37.1 Å². The minimum atomic E-state index is -3.57. The van der Waals surface area contributed by atoms with Gasteiger partial charge in [0.1, 0.15) is 0 Å². The van der Waals surface area contributed by atoms with Gasteiger partial charge in [0, 0.05) is 6.54 Å². The first-order valence-corrected chi connectivity index (χ1v) is 9.81. The first-order valence-electron chi connectivity index (χ1n) is 8.37. The number of fused-ring (bicyclic) bond motifs is 6. The summed E-state index contributed by atoms with van der Waals surface area (Å²) in [4.78, 5) is 12.4. The van der Waals surface area contributed by atoms with Crippen LogP contribution in [-0.2, 0) is 19.7 Å². The molecule has 2 N–H and O–H groups in total. The number of hydrogen-bond donors (Lipinski definition) is 2. The quantitative estimate of drug-likeness (QED) is 0.838. The molecule has 0 aromatic heterocycles. The molecule has 0 unspecified atom stereocenters. The second kappa shape index (κ2) is 4.86. The summed E-state index contributed by atoms with van der Waals surface area (Å²) >= 11 is 0. The number of hydrogen-bond acceptors (Lipinski definition) is 4. The molecule has 5 atom stereocenters. The van der Waals surface area contributed by atoms with E-state index in [4.69, 9.17) is 4.74 Å². The summed E-state index contributed by atoms with van der Waals surface area (Å²) in [5.41, 5.74) is 1.20. The predicted molar refractivity (Wildman–Crippen MR) is 87.7 cm³/mol. The van der Waals surface area contributed by atoms with Gasteiger partial charge in [0.05, 0.1) is 36.0 Å². The van der Waals surface area contributed by atoms with E-state index in [9.17, 15) is 13.2 Å². The third kappa shape index (κ3) is 2.05. The first-order chi connectivity index (χ1) is 11.5. The van der Waals surface area contributed by atoms with E-state index in [2.05, 4.69) is 10.0 Å². The lowest BCUT2D eigenvalue weighted by atomic mass is 9.88. The van der Waals surface area contributed by atoms with Crippen molar-refractivity contribution in [3.8, 4) is 0 Å². The van der Waals surface area contributed by atoms with Crippen LogP contribution in [-0.4, -0.2) is 39.6 Å². The van der Waals surface area contributed by atoms with Gasteiger partial charge in [-0.25, -0.2) is 4.31 Å². The second-order valence-corrected chi connectivity index (χ2v) is 8.63. The van der Waals surface area contributed by atoms with Crippen LogP contribution in [0.1, 0.15) is 12.8 Å². The summed E-state index contributed by atoms with van der Waals surface area (Å²) in [6.07, 6.45) is 2.36. The number of ether oxygens (including phenoxy) is 1. The summed E-state index contributed by atoms with van der Waals surface area (Å²) in [5, 5.41) is 2.89. The molecule has 3 fully saturated rings. The maximum atomic E-state index is 12.4. The molecule has 0 radical (unpaired) electrons. The summed E-state index contributed by atoms with van der Waals surface area (Å²) in [7, 11) is -3.57. The Balaban J connectivity index is 1.22.